The quantitative estimate of drug-likeness (QED) is 0.648. The largest absolute Gasteiger partial charge is 0.296 e. The predicted octanol–water partition coefficient (Wildman–Crippen LogP) is 4.56. The fraction of sp³-hybridized carbons (Fsp3) is 0.235. The first-order valence-electron chi connectivity index (χ1n) is 6.90. The van der Waals surface area contributed by atoms with Crippen LogP contribution in [0.5, 0.6) is 0 Å². The number of rotatable bonds is 3. The van der Waals surface area contributed by atoms with Crippen LogP contribution in [0, 0.1) is 19.7 Å². The molecule has 108 valence electrons. The monoisotopic (exact) mass is 302 g/mol. The van der Waals surface area contributed by atoms with Gasteiger partial charge >= 0.3 is 0 Å². The van der Waals surface area contributed by atoms with E-state index in [0.29, 0.717) is 17.9 Å². The van der Waals surface area contributed by atoms with Gasteiger partial charge in [0.25, 0.3) is 0 Å². The predicted molar refractivity (Wildman–Crippen MR) is 84.9 cm³/mol. The van der Waals surface area contributed by atoms with Crippen molar-refractivity contribution in [2.75, 3.05) is 5.88 Å². The summed E-state index contributed by atoms with van der Waals surface area (Å²) in [6.07, 6.45) is 0.672. The molecule has 1 aromatic heterocycles. The van der Waals surface area contributed by atoms with E-state index in [2.05, 4.69) is 21.7 Å². The molecule has 2 nitrogen and oxygen atoms in total. The molecule has 0 aliphatic rings. The number of hydrogen-bond acceptors (Lipinski definition) is 1. The van der Waals surface area contributed by atoms with Crippen molar-refractivity contribution in [3.63, 3.8) is 0 Å². The molecule has 0 amide bonds. The van der Waals surface area contributed by atoms with Crippen molar-refractivity contribution < 1.29 is 4.39 Å². The van der Waals surface area contributed by atoms with E-state index in [1.807, 2.05) is 19.1 Å². The lowest BCUT2D eigenvalue weighted by Gasteiger charge is -2.10. The number of aryl methyl sites for hydroxylation is 3. The Hall–Kier alpha value is -1.87. The second-order valence-corrected chi connectivity index (χ2v) is 5.61. The molecule has 0 saturated heterocycles. The Morgan fingerprint density at radius 2 is 1.95 bits per heavy atom. The highest BCUT2D eigenvalue weighted by Crippen LogP contribution is 2.24. The first-order valence-corrected chi connectivity index (χ1v) is 7.44. The number of nitrogens with zero attached hydrogens (tertiary/aromatic N) is 2. The molecule has 0 aliphatic heterocycles. The van der Waals surface area contributed by atoms with Gasteiger partial charge in [-0.3, -0.25) is 4.57 Å². The van der Waals surface area contributed by atoms with Crippen LogP contribution in [0.25, 0.3) is 16.7 Å². The molecule has 4 heteroatoms. The maximum atomic E-state index is 13.5. The van der Waals surface area contributed by atoms with Crippen molar-refractivity contribution in [1.82, 2.24) is 9.55 Å². The Kier molecular flexibility index (Phi) is 3.68. The Morgan fingerprint density at radius 1 is 1.14 bits per heavy atom. The third-order valence-corrected chi connectivity index (χ3v) is 3.79. The number of halogens is 2. The van der Waals surface area contributed by atoms with Crippen molar-refractivity contribution in [3.8, 4) is 5.69 Å². The summed E-state index contributed by atoms with van der Waals surface area (Å²) in [4.78, 5) is 4.68. The Balaban J connectivity index is 2.27. The van der Waals surface area contributed by atoms with Crippen LogP contribution in [-0.4, -0.2) is 15.4 Å². The lowest BCUT2D eigenvalue weighted by Crippen LogP contribution is -2.03. The van der Waals surface area contributed by atoms with Gasteiger partial charge in [-0.2, -0.15) is 0 Å². The summed E-state index contributed by atoms with van der Waals surface area (Å²) in [7, 11) is 0. The van der Waals surface area contributed by atoms with Gasteiger partial charge in [0.2, 0.25) is 0 Å². The van der Waals surface area contributed by atoms with Crippen LogP contribution in [0.3, 0.4) is 0 Å². The summed E-state index contributed by atoms with van der Waals surface area (Å²) < 4.78 is 15.6. The van der Waals surface area contributed by atoms with Gasteiger partial charge in [0.15, 0.2) is 0 Å². The number of fused-ring (bicyclic) bond motifs is 1. The van der Waals surface area contributed by atoms with E-state index in [1.54, 1.807) is 13.0 Å². The second-order valence-electron chi connectivity index (χ2n) is 5.23. The van der Waals surface area contributed by atoms with Gasteiger partial charge in [0.1, 0.15) is 11.6 Å². The minimum Gasteiger partial charge on any atom is -0.296 e. The number of hydrogen-bond donors (Lipinski definition) is 0. The van der Waals surface area contributed by atoms with Crippen LogP contribution in [0.2, 0.25) is 0 Å². The zero-order chi connectivity index (χ0) is 15.0. The van der Waals surface area contributed by atoms with E-state index < -0.39 is 0 Å². The first-order chi connectivity index (χ1) is 10.1. The van der Waals surface area contributed by atoms with Crippen molar-refractivity contribution in [2.24, 2.45) is 0 Å². The summed E-state index contributed by atoms with van der Waals surface area (Å²) in [6.45, 7) is 3.81. The van der Waals surface area contributed by atoms with Gasteiger partial charge in [0, 0.05) is 18.0 Å². The molecule has 0 atom stereocenters. The molecule has 3 aromatic rings. The van der Waals surface area contributed by atoms with E-state index >= 15 is 0 Å². The smallest absolute Gasteiger partial charge is 0.126 e. The average molecular weight is 303 g/mol. The number of aromatic nitrogens is 2. The highest BCUT2D eigenvalue weighted by atomic mass is 35.5. The van der Waals surface area contributed by atoms with Crippen molar-refractivity contribution in [1.29, 1.82) is 0 Å². The second kappa shape index (κ2) is 5.49. The minimum absolute atomic E-state index is 0.196. The molecular weight excluding hydrogens is 287 g/mol. The lowest BCUT2D eigenvalue weighted by atomic mass is 10.2. The number of alkyl halides is 1. The SMILES string of the molecule is Cc1ccc2c(c1)nc(CCCl)n2-c1ccc(F)c(C)c1. The van der Waals surface area contributed by atoms with Crippen molar-refractivity contribution >= 4 is 22.6 Å². The maximum absolute atomic E-state index is 13.5. The normalized spacial score (nSPS) is 11.2. The van der Waals surface area contributed by atoms with Crippen LogP contribution < -0.4 is 0 Å². The van der Waals surface area contributed by atoms with Gasteiger partial charge in [-0.1, -0.05) is 6.07 Å². The average Bonchev–Trinajstić information content (AvgIpc) is 2.79. The molecule has 0 N–H and O–H groups in total. The zero-order valence-electron chi connectivity index (χ0n) is 12.0. The third kappa shape index (κ3) is 2.54. The molecule has 0 bridgehead atoms. The summed E-state index contributed by atoms with van der Waals surface area (Å²) in [6, 6.07) is 11.3. The van der Waals surface area contributed by atoms with Crippen LogP contribution in [0.4, 0.5) is 4.39 Å². The van der Waals surface area contributed by atoms with Gasteiger partial charge in [-0.15, -0.1) is 11.6 Å². The maximum Gasteiger partial charge on any atom is 0.126 e. The highest BCUT2D eigenvalue weighted by molar-refractivity contribution is 6.17. The van der Waals surface area contributed by atoms with Gasteiger partial charge < -0.3 is 0 Å². The minimum atomic E-state index is -0.196. The van der Waals surface area contributed by atoms with Gasteiger partial charge in [-0.25, -0.2) is 9.37 Å². The molecule has 0 aliphatic carbocycles. The van der Waals surface area contributed by atoms with E-state index in [-0.39, 0.29) is 5.82 Å². The van der Waals surface area contributed by atoms with E-state index in [9.17, 15) is 4.39 Å². The fourth-order valence-corrected chi connectivity index (χ4v) is 2.72. The molecule has 3 rings (SSSR count). The Labute approximate surface area is 128 Å². The Morgan fingerprint density at radius 3 is 2.67 bits per heavy atom. The first kappa shape index (κ1) is 14.1. The molecule has 0 fully saturated rings. The Bertz CT molecular complexity index is 808. The van der Waals surface area contributed by atoms with Crippen LogP contribution in [0.1, 0.15) is 17.0 Å². The summed E-state index contributed by atoms with van der Waals surface area (Å²) >= 11 is 5.90. The summed E-state index contributed by atoms with van der Waals surface area (Å²) in [5.41, 5.74) is 4.67. The molecule has 0 unspecified atom stereocenters. The number of benzene rings is 2. The van der Waals surface area contributed by atoms with E-state index in [1.165, 1.54) is 11.6 Å². The molecule has 21 heavy (non-hydrogen) atoms. The summed E-state index contributed by atoms with van der Waals surface area (Å²) in [5.74, 6) is 1.21. The van der Waals surface area contributed by atoms with Crippen LogP contribution >= 0.6 is 11.6 Å². The fourth-order valence-electron chi connectivity index (χ4n) is 2.55. The standard InChI is InChI=1S/C17H16ClFN2/c1-11-3-6-16-15(9-11)20-17(7-8-18)21(16)13-4-5-14(19)12(2)10-13/h3-6,9-10H,7-8H2,1-2H3. The van der Waals surface area contributed by atoms with E-state index in [0.717, 1.165) is 22.5 Å². The molecule has 0 spiro atoms. The van der Waals surface area contributed by atoms with Crippen molar-refractivity contribution in [2.45, 2.75) is 20.3 Å². The van der Waals surface area contributed by atoms with Crippen LogP contribution in [-0.2, 0) is 6.42 Å². The van der Waals surface area contributed by atoms with E-state index in [4.69, 9.17) is 11.6 Å². The molecular formula is C17H16ClFN2. The highest BCUT2D eigenvalue weighted by Gasteiger charge is 2.13. The molecule has 2 aromatic carbocycles. The van der Waals surface area contributed by atoms with Gasteiger partial charge in [0.05, 0.1) is 11.0 Å². The van der Waals surface area contributed by atoms with Gasteiger partial charge in [-0.05, 0) is 55.3 Å². The van der Waals surface area contributed by atoms with Crippen molar-refractivity contribution in [3.05, 3.63) is 59.2 Å². The van der Waals surface area contributed by atoms with Crippen LogP contribution in [0.15, 0.2) is 36.4 Å². The molecule has 0 radical (unpaired) electrons. The molecule has 1 heterocycles. The third-order valence-electron chi connectivity index (χ3n) is 3.60. The lowest BCUT2D eigenvalue weighted by molar-refractivity contribution is 0.618. The topological polar surface area (TPSA) is 17.8 Å². The summed E-state index contributed by atoms with van der Waals surface area (Å²) in [5, 5.41) is 0. The number of imidazole rings is 1. The zero-order valence-corrected chi connectivity index (χ0v) is 12.8. The molecule has 0 saturated carbocycles.